The van der Waals surface area contributed by atoms with E-state index in [4.69, 9.17) is 9.47 Å². The van der Waals surface area contributed by atoms with Gasteiger partial charge in [-0.1, -0.05) is 11.8 Å². The van der Waals surface area contributed by atoms with Crippen LogP contribution in [0.4, 0.5) is 0 Å². The fourth-order valence-electron chi connectivity index (χ4n) is 1.15. The predicted octanol–water partition coefficient (Wildman–Crippen LogP) is 1.84. The minimum Gasteiger partial charge on any atom is -0.463 e. The predicted molar refractivity (Wildman–Crippen MR) is 65.3 cm³/mol. The number of rotatable bonds is 5. The van der Waals surface area contributed by atoms with Gasteiger partial charge in [0.2, 0.25) is 5.88 Å². The molecule has 1 aromatic heterocycles. The number of carbonyl (C=O) groups is 1. The molecule has 0 aliphatic heterocycles. The second-order valence-corrected chi connectivity index (χ2v) is 4.12. The molecule has 6 heteroatoms. The molecule has 1 aromatic rings. The molecule has 5 nitrogen and oxygen atoms in total. The van der Waals surface area contributed by atoms with Crippen molar-refractivity contribution in [3.05, 3.63) is 11.8 Å². The van der Waals surface area contributed by atoms with Crippen LogP contribution in [0.2, 0.25) is 0 Å². The Morgan fingerprint density at radius 2 is 2.24 bits per heavy atom. The first kappa shape index (κ1) is 13.8. The van der Waals surface area contributed by atoms with Crippen molar-refractivity contribution in [3.8, 4) is 5.88 Å². The van der Waals surface area contributed by atoms with Crippen molar-refractivity contribution >= 4 is 17.7 Å². The Morgan fingerprint density at radius 3 is 2.82 bits per heavy atom. The van der Waals surface area contributed by atoms with Gasteiger partial charge in [-0.15, -0.1) is 0 Å². The van der Waals surface area contributed by atoms with Crippen LogP contribution in [0.15, 0.2) is 11.2 Å². The van der Waals surface area contributed by atoms with E-state index in [0.29, 0.717) is 17.6 Å². The van der Waals surface area contributed by atoms with Crippen LogP contribution in [0.3, 0.4) is 0 Å². The van der Waals surface area contributed by atoms with Gasteiger partial charge in [0.25, 0.3) is 0 Å². The van der Waals surface area contributed by atoms with E-state index < -0.39 is 12.1 Å². The summed E-state index contributed by atoms with van der Waals surface area (Å²) in [6.07, 6.45) is 1.21. The summed E-state index contributed by atoms with van der Waals surface area (Å²) in [5, 5.41) is 0.621. The third-order valence-electron chi connectivity index (χ3n) is 1.91. The molecule has 1 rings (SSSR count). The van der Waals surface area contributed by atoms with Crippen molar-refractivity contribution < 1.29 is 14.3 Å². The van der Waals surface area contributed by atoms with E-state index in [9.17, 15) is 4.79 Å². The number of aryl methyl sites for hydroxylation is 1. The van der Waals surface area contributed by atoms with E-state index in [1.807, 2.05) is 13.2 Å². The standard InChI is InChI=1S/C11H16N2O3S/c1-5-15-10(14)8(3)16-9-6-7(2)12-11(13-9)17-4/h6,8H,5H2,1-4H3. The molecule has 0 amide bonds. The van der Waals surface area contributed by atoms with Gasteiger partial charge in [0.15, 0.2) is 11.3 Å². The average Bonchev–Trinajstić information content (AvgIpc) is 2.28. The first-order valence-electron chi connectivity index (χ1n) is 5.29. The molecule has 0 aliphatic carbocycles. The van der Waals surface area contributed by atoms with E-state index in [1.165, 1.54) is 11.8 Å². The lowest BCUT2D eigenvalue weighted by atomic mass is 10.4. The van der Waals surface area contributed by atoms with Crippen molar-refractivity contribution in [1.82, 2.24) is 9.97 Å². The molecule has 1 heterocycles. The highest BCUT2D eigenvalue weighted by Crippen LogP contribution is 2.16. The molecule has 0 saturated heterocycles. The smallest absolute Gasteiger partial charge is 0.347 e. The van der Waals surface area contributed by atoms with Crippen LogP contribution in [-0.2, 0) is 9.53 Å². The maximum absolute atomic E-state index is 11.4. The molecule has 0 aromatic carbocycles. The van der Waals surface area contributed by atoms with Crippen LogP contribution in [0.25, 0.3) is 0 Å². The molecular weight excluding hydrogens is 240 g/mol. The van der Waals surface area contributed by atoms with E-state index in [1.54, 1.807) is 19.9 Å². The zero-order valence-corrected chi connectivity index (χ0v) is 11.2. The molecule has 1 unspecified atom stereocenters. The third-order valence-corrected chi connectivity index (χ3v) is 2.46. The summed E-state index contributed by atoms with van der Waals surface area (Å²) in [6.45, 7) is 5.58. The van der Waals surface area contributed by atoms with Crippen LogP contribution in [0.5, 0.6) is 5.88 Å². The summed E-state index contributed by atoms with van der Waals surface area (Å²) in [5.41, 5.74) is 0.801. The maximum Gasteiger partial charge on any atom is 0.347 e. The maximum atomic E-state index is 11.4. The minimum absolute atomic E-state index is 0.339. The second kappa shape index (κ2) is 6.44. The molecule has 94 valence electrons. The number of esters is 1. The van der Waals surface area contributed by atoms with Crippen molar-refractivity contribution in [2.24, 2.45) is 0 Å². The van der Waals surface area contributed by atoms with Crippen molar-refractivity contribution in [1.29, 1.82) is 0 Å². The Bertz CT molecular complexity index is 398. The van der Waals surface area contributed by atoms with E-state index in [0.717, 1.165) is 5.69 Å². The molecule has 0 saturated carbocycles. The van der Waals surface area contributed by atoms with Crippen LogP contribution in [0.1, 0.15) is 19.5 Å². The number of thioether (sulfide) groups is 1. The zero-order valence-electron chi connectivity index (χ0n) is 10.4. The lowest BCUT2D eigenvalue weighted by molar-refractivity contribution is -0.150. The first-order chi connectivity index (χ1) is 8.06. The number of aromatic nitrogens is 2. The molecule has 0 aliphatic rings. The lowest BCUT2D eigenvalue weighted by Gasteiger charge is -2.13. The molecule has 0 radical (unpaired) electrons. The lowest BCUT2D eigenvalue weighted by Crippen LogP contribution is -2.26. The summed E-state index contributed by atoms with van der Waals surface area (Å²) in [4.78, 5) is 19.7. The SMILES string of the molecule is CCOC(=O)C(C)Oc1cc(C)nc(SC)n1. The van der Waals surface area contributed by atoms with Gasteiger partial charge in [0.05, 0.1) is 6.61 Å². The van der Waals surface area contributed by atoms with Crippen LogP contribution < -0.4 is 4.74 Å². The van der Waals surface area contributed by atoms with E-state index in [2.05, 4.69) is 9.97 Å². The highest BCUT2D eigenvalue weighted by Gasteiger charge is 2.16. The molecule has 17 heavy (non-hydrogen) atoms. The molecule has 1 atom stereocenters. The molecule has 0 fully saturated rings. The largest absolute Gasteiger partial charge is 0.463 e. The van der Waals surface area contributed by atoms with Crippen molar-refractivity contribution in [2.45, 2.75) is 32.0 Å². The van der Waals surface area contributed by atoms with Gasteiger partial charge < -0.3 is 9.47 Å². The molecule has 0 bridgehead atoms. The second-order valence-electron chi connectivity index (χ2n) is 3.35. The fraction of sp³-hybridized carbons (Fsp3) is 0.545. The number of carbonyl (C=O) groups excluding carboxylic acids is 1. The summed E-state index contributed by atoms with van der Waals surface area (Å²) in [7, 11) is 0. The summed E-state index contributed by atoms with van der Waals surface area (Å²) in [6, 6.07) is 1.69. The Morgan fingerprint density at radius 1 is 1.53 bits per heavy atom. The highest BCUT2D eigenvalue weighted by molar-refractivity contribution is 7.98. The highest BCUT2D eigenvalue weighted by atomic mass is 32.2. The van der Waals surface area contributed by atoms with Gasteiger partial charge in [-0.05, 0) is 27.0 Å². The summed E-state index contributed by atoms with van der Waals surface area (Å²) < 4.78 is 10.3. The van der Waals surface area contributed by atoms with Crippen LogP contribution >= 0.6 is 11.8 Å². The Balaban J connectivity index is 2.73. The van der Waals surface area contributed by atoms with Gasteiger partial charge in [-0.25, -0.2) is 9.78 Å². The Hall–Kier alpha value is -1.30. The van der Waals surface area contributed by atoms with E-state index in [-0.39, 0.29) is 0 Å². The summed E-state index contributed by atoms with van der Waals surface area (Å²) >= 11 is 1.42. The van der Waals surface area contributed by atoms with Gasteiger partial charge >= 0.3 is 5.97 Å². The van der Waals surface area contributed by atoms with Crippen LogP contribution in [-0.4, -0.2) is 34.9 Å². The first-order valence-corrected chi connectivity index (χ1v) is 6.52. The quantitative estimate of drug-likeness (QED) is 0.455. The zero-order chi connectivity index (χ0) is 12.8. The normalized spacial score (nSPS) is 12.0. The third kappa shape index (κ3) is 4.22. The Labute approximate surface area is 105 Å². The van der Waals surface area contributed by atoms with E-state index >= 15 is 0 Å². The molecule has 0 spiro atoms. The van der Waals surface area contributed by atoms with Crippen molar-refractivity contribution in [3.63, 3.8) is 0 Å². The topological polar surface area (TPSA) is 61.3 Å². The monoisotopic (exact) mass is 256 g/mol. The number of hydrogen-bond acceptors (Lipinski definition) is 6. The Kier molecular flexibility index (Phi) is 5.21. The van der Waals surface area contributed by atoms with Gasteiger partial charge in [-0.2, -0.15) is 4.98 Å². The number of nitrogens with zero attached hydrogens (tertiary/aromatic N) is 2. The van der Waals surface area contributed by atoms with Gasteiger partial charge in [0, 0.05) is 11.8 Å². The van der Waals surface area contributed by atoms with Gasteiger partial charge in [0.1, 0.15) is 0 Å². The molecule has 0 N–H and O–H groups in total. The fourth-order valence-corrected chi connectivity index (χ4v) is 1.57. The molecular formula is C11H16N2O3S. The average molecular weight is 256 g/mol. The summed E-state index contributed by atoms with van der Waals surface area (Å²) in [5.74, 6) is -0.00290. The van der Waals surface area contributed by atoms with Crippen molar-refractivity contribution in [2.75, 3.05) is 12.9 Å². The van der Waals surface area contributed by atoms with Crippen LogP contribution in [0, 0.1) is 6.92 Å². The number of ether oxygens (including phenoxy) is 2. The number of hydrogen-bond donors (Lipinski definition) is 0. The minimum atomic E-state index is -0.668. The van der Waals surface area contributed by atoms with Gasteiger partial charge in [-0.3, -0.25) is 0 Å².